The van der Waals surface area contributed by atoms with Crippen LogP contribution in [-0.4, -0.2) is 44.9 Å². The molecule has 110 valence electrons. The summed E-state index contributed by atoms with van der Waals surface area (Å²) in [5.74, 6) is 0.788. The average Bonchev–Trinajstić information content (AvgIpc) is 2.37. The van der Waals surface area contributed by atoms with Crippen LogP contribution in [0.15, 0.2) is 27.5 Å². The Hall–Kier alpha value is -1.05. The molecule has 0 unspecified atom stereocenters. The SMILES string of the molecule is CCc1ccc2c(c1)S(=O)(=O)N=C(SCCN(C)C)N2. The van der Waals surface area contributed by atoms with E-state index in [1.165, 1.54) is 11.8 Å². The molecular formula is C13H19N3O2S2. The standard InChI is InChI=1S/C13H19N3O2S2/c1-4-10-5-6-11-12(9-10)20(17,18)15-13(14-11)19-8-7-16(2)3/h5-6,9H,4,7-8H2,1-3H3,(H,14,15). The Bertz CT molecular complexity index is 625. The Morgan fingerprint density at radius 2 is 2.10 bits per heavy atom. The van der Waals surface area contributed by atoms with E-state index in [-0.39, 0.29) is 4.90 Å². The van der Waals surface area contributed by atoms with Crippen molar-refractivity contribution in [1.82, 2.24) is 4.90 Å². The molecule has 7 heteroatoms. The molecule has 1 aliphatic rings. The molecule has 0 saturated carbocycles. The van der Waals surface area contributed by atoms with Crippen LogP contribution >= 0.6 is 11.8 Å². The van der Waals surface area contributed by atoms with Crippen molar-refractivity contribution in [2.45, 2.75) is 18.2 Å². The van der Waals surface area contributed by atoms with Crippen molar-refractivity contribution >= 4 is 32.6 Å². The lowest BCUT2D eigenvalue weighted by atomic mass is 10.1. The zero-order valence-corrected chi connectivity index (χ0v) is 13.5. The molecule has 0 atom stereocenters. The van der Waals surface area contributed by atoms with E-state index in [4.69, 9.17) is 0 Å². The third-order valence-electron chi connectivity index (χ3n) is 2.95. The maximum Gasteiger partial charge on any atom is 0.286 e. The van der Waals surface area contributed by atoms with Crippen LogP contribution in [0, 0.1) is 0 Å². The van der Waals surface area contributed by atoms with Gasteiger partial charge >= 0.3 is 0 Å². The summed E-state index contributed by atoms with van der Waals surface area (Å²) in [6.07, 6.45) is 0.803. The predicted octanol–water partition coefficient (Wildman–Crippen LogP) is 2.01. The smallest absolute Gasteiger partial charge is 0.286 e. The first kappa shape index (κ1) is 15.3. The van der Waals surface area contributed by atoms with Crippen LogP contribution in [0.1, 0.15) is 12.5 Å². The summed E-state index contributed by atoms with van der Waals surface area (Å²) in [4.78, 5) is 2.32. The molecule has 1 heterocycles. The first-order valence-electron chi connectivity index (χ1n) is 6.45. The van der Waals surface area contributed by atoms with Gasteiger partial charge in [0.25, 0.3) is 10.0 Å². The van der Waals surface area contributed by atoms with Crippen molar-refractivity contribution in [2.75, 3.05) is 31.7 Å². The second-order valence-electron chi connectivity index (χ2n) is 4.83. The summed E-state index contributed by atoms with van der Waals surface area (Å²) < 4.78 is 28.2. The van der Waals surface area contributed by atoms with Gasteiger partial charge in [0.05, 0.1) is 5.69 Å². The lowest BCUT2D eigenvalue weighted by Crippen LogP contribution is -2.21. The van der Waals surface area contributed by atoms with Crippen LogP contribution in [0.25, 0.3) is 0 Å². The molecule has 1 aliphatic heterocycles. The number of hydrogen-bond acceptors (Lipinski definition) is 5. The van der Waals surface area contributed by atoms with Crippen LogP contribution in [0.2, 0.25) is 0 Å². The average molecular weight is 313 g/mol. The van der Waals surface area contributed by atoms with Gasteiger partial charge in [-0.25, -0.2) is 0 Å². The van der Waals surface area contributed by atoms with Crippen molar-refractivity contribution in [3.8, 4) is 0 Å². The van der Waals surface area contributed by atoms with Crippen LogP contribution < -0.4 is 5.32 Å². The van der Waals surface area contributed by atoms with Gasteiger partial charge < -0.3 is 10.2 Å². The highest BCUT2D eigenvalue weighted by molar-refractivity contribution is 8.14. The molecule has 0 spiro atoms. The number of fused-ring (bicyclic) bond motifs is 1. The first-order chi connectivity index (χ1) is 9.42. The van der Waals surface area contributed by atoms with Gasteiger partial charge in [-0.1, -0.05) is 24.8 Å². The highest BCUT2D eigenvalue weighted by atomic mass is 32.2. The van der Waals surface area contributed by atoms with Crippen LogP contribution in [0.5, 0.6) is 0 Å². The van der Waals surface area contributed by atoms with E-state index in [1.54, 1.807) is 6.07 Å². The molecular weight excluding hydrogens is 294 g/mol. The summed E-state index contributed by atoms with van der Waals surface area (Å²) >= 11 is 1.42. The van der Waals surface area contributed by atoms with E-state index in [2.05, 4.69) is 9.71 Å². The maximum atomic E-state index is 12.2. The maximum absolute atomic E-state index is 12.2. The monoisotopic (exact) mass is 313 g/mol. The molecule has 1 N–H and O–H groups in total. The molecule has 1 aromatic rings. The van der Waals surface area contributed by atoms with Gasteiger partial charge in [0.2, 0.25) is 0 Å². The van der Waals surface area contributed by atoms with Crippen molar-refractivity contribution in [2.24, 2.45) is 4.40 Å². The number of nitrogens with zero attached hydrogens (tertiary/aromatic N) is 2. The number of benzene rings is 1. The van der Waals surface area contributed by atoms with Gasteiger partial charge in [-0.2, -0.15) is 8.42 Å². The fraction of sp³-hybridized carbons (Fsp3) is 0.462. The number of hydrogen-bond donors (Lipinski definition) is 1. The van der Waals surface area contributed by atoms with Gasteiger partial charge in [0.15, 0.2) is 5.17 Å². The Labute approximate surface area is 124 Å². The van der Waals surface area contributed by atoms with Crippen molar-refractivity contribution in [1.29, 1.82) is 0 Å². The number of anilines is 1. The van der Waals surface area contributed by atoms with E-state index in [1.807, 2.05) is 38.1 Å². The summed E-state index contributed by atoms with van der Waals surface area (Å²) in [7, 11) is 0.379. The van der Waals surface area contributed by atoms with E-state index < -0.39 is 10.0 Å². The predicted molar refractivity (Wildman–Crippen MR) is 85.1 cm³/mol. The van der Waals surface area contributed by atoms with Crippen molar-refractivity contribution < 1.29 is 8.42 Å². The summed E-state index contributed by atoms with van der Waals surface area (Å²) in [6, 6.07) is 5.45. The molecule has 0 amide bonds. The molecule has 0 radical (unpaired) electrons. The summed E-state index contributed by atoms with van der Waals surface area (Å²) in [5.41, 5.74) is 1.61. The molecule has 0 saturated heterocycles. The highest BCUT2D eigenvalue weighted by Gasteiger charge is 2.25. The molecule has 5 nitrogen and oxygen atoms in total. The Kier molecular flexibility index (Phi) is 4.72. The normalized spacial score (nSPS) is 16.5. The minimum Gasteiger partial charge on any atom is -0.333 e. The lowest BCUT2D eigenvalue weighted by Gasteiger charge is -2.18. The summed E-state index contributed by atoms with van der Waals surface area (Å²) in [5, 5.41) is 3.54. The van der Waals surface area contributed by atoms with Gasteiger partial charge in [0.1, 0.15) is 4.90 Å². The van der Waals surface area contributed by atoms with Crippen LogP contribution in [0.3, 0.4) is 0 Å². The minimum absolute atomic E-state index is 0.272. The second-order valence-corrected chi connectivity index (χ2v) is 7.49. The van der Waals surface area contributed by atoms with Gasteiger partial charge in [-0.3, -0.25) is 0 Å². The number of aryl methyl sites for hydroxylation is 1. The van der Waals surface area contributed by atoms with Crippen LogP contribution in [-0.2, 0) is 16.4 Å². The number of rotatable bonds is 4. The fourth-order valence-corrected chi connectivity index (χ4v) is 4.18. The van der Waals surface area contributed by atoms with Crippen molar-refractivity contribution in [3.63, 3.8) is 0 Å². The lowest BCUT2D eigenvalue weighted by molar-refractivity contribution is 0.438. The van der Waals surface area contributed by atoms with Crippen LogP contribution in [0.4, 0.5) is 5.69 Å². The molecule has 0 bridgehead atoms. The molecule has 1 aromatic carbocycles. The summed E-state index contributed by atoms with van der Waals surface area (Å²) in [6.45, 7) is 2.86. The fourth-order valence-electron chi connectivity index (χ4n) is 1.79. The van der Waals surface area contributed by atoms with E-state index in [0.717, 1.165) is 24.3 Å². The highest BCUT2D eigenvalue weighted by Crippen LogP contribution is 2.30. The van der Waals surface area contributed by atoms with E-state index >= 15 is 0 Å². The zero-order chi connectivity index (χ0) is 14.8. The number of nitrogens with one attached hydrogen (secondary N) is 1. The number of sulfonamides is 1. The van der Waals surface area contributed by atoms with Gasteiger partial charge in [-0.15, -0.1) is 4.40 Å². The van der Waals surface area contributed by atoms with E-state index in [9.17, 15) is 8.42 Å². The first-order valence-corrected chi connectivity index (χ1v) is 8.87. The van der Waals surface area contributed by atoms with Crippen molar-refractivity contribution in [3.05, 3.63) is 23.8 Å². The third-order valence-corrected chi connectivity index (χ3v) is 5.24. The largest absolute Gasteiger partial charge is 0.333 e. The Morgan fingerprint density at radius 1 is 1.35 bits per heavy atom. The van der Waals surface area contributed by atoms with Gasteiger partial charge in [0, 0.05) is 12.3 Å². The zero-order valence-electron chi connectivity index (χ0n) is 11.9. The van der Waals surface area contributed by atoms with E-state index in [0.29, 0.717) is 10.9 Å². The third kappa shape index (κ3) is 3.53. The topological polar surface area (TPSA) is 61.8 Å². The molecule has 0 aromatic heterocycles. The second kappa shape index (κ2) is 6.15. The Balaban J connectivity index is 2.21. The number of thioether (sulfide) groups is 1. The quantitative estimate of drug-likeness (QED) is 0.921. The molecule has 0 fully saturated rings. The molecule has 2 rings (SSSR count). The Morgan fingerprint density at radius 3 is 2.75 bits per heavy atom. The molecule has 20 heavy (non-hydrogen) atoms. The molecule has 0 aliphatic carbocycles. The minimum atomic E-state index is -3.58. The van der Waals surface area contributed by atoms with Gasteiger partial charge in [-0.05, 0) is 38.2 Å². The number of amidine groups is 1.